The summed E-state index contributed by atoms with van der Waals surface area (Å²) in [6.07, 6.45) is 1.91. The van der Waals surface area contributed by atoms with Crippen molar-refractivity contribution in [1.29, 1.82) is 0 Å². The lowest BCUT2D eigenvalue weighted by Gasteiger charge is -2.09. The Morgan fingerprint density at radius 3 is 2.67 bits per heavy atom. The molecule has 0 radical (unpaired) electrons. The first-order chi connectivity index (χ1) is 8.79. The maximum atomic E-state index is 5.18. The van der Waals surface area contributed by atoms with Crippen LogP contribution in [0.2, 0.25) is 0 Å². The molecule has 0 aliphatic rings. The molecule has 0 bridgehead atoms. The van der Waals surface area contributed by atoms with Gasteiger partial charge < -0.3 is 10.1 Å². The molecule has 1 heterocycles. The van der Waals surface area contributed by atoms with Gasteiger partial charge in [-0.2, -0.15) is 0 Å². The minimum Gasteiger partial charge on any atom is -0.380 e. The summed E-state index contributed by atoms with van der Waals surface area (Å²) in [5.74, 6) is 0. The van der Waals surface area contributed by atoms with Crippen LogP contribution in [-0.4, -0.2) is 22.1 Å². The highest BCUT2D eigenvalue weighted by Crippen LogP contribution is 2.09. The van der Waals surface area contributed by atoms with Crippen LogP contribution in [0.3, 0.4) is 0 Å². The van der Waals surface area contributed by atoms with E-state index in [4.69, 9.17) is 4.74 Å². The second kappa shape index (κ2) is 6.28. The molecule has 18 heavy (non-hydrogen) atoms. The Morgan fingerprint density at radius 2 is 2.00 bits per heavy atom. The van der Waals surface area contributed by atoms with Gasteiger partial charge in [-0.3, -0.25) is 4.68 Å². The predicted octanol–water partition coefficient (Wildman–Crippen LogP) is 1.25. The molecule has 5 heteroatoms. The third-order valence-electron chi connectivity index (χ3n) is 2.69. The fourth-order valence-electron chi connectivity index (χ4n) is 1.83. The molecule has 2 aromatic rings. The van der Waals surface area contributed by atoms with E-state index in [1.807, 2.05) is 25.4 Å². The summed E-state index contributed by atoms with van der Waals surface area (Å²) < 4.78 is 6.89. The fraction of sp³-hybridized carbons (Fsp3) is 0.385. The first-order valence-corrected chi connectivity index (χ1v) is 5.91. The van der Waals surface area contributed by atoms with Gasteiger partial charge in [-0.1, -0.05) is 29.5 Å². The van der Waals surface area contributed by atoms with E-state index in [1.165, 1.54) is 11.1 Å². The molecule has 0 spiro atoms. The van der Waals surface area contributed by atoms with Crippen molar-refractivity contribution >= 4 is 0 Å². The maximum Gasteiger partial charge on any atom is 0.0964 e. The molecule has 0 unspecified atom stereocenters. The lowest BCUT2D eigenvalue weighted by atomic mass is 10.1. The Kier molecular flexibility index (Phi) is 4.44. The van der Waals surface area contributed by atoms with E-state index in [1.54, 1.807) is 11.8 Å². The Labute approximate surface area is 107 Å². The first-order valence-electron chi connectivity index (χ1n) is 5.91. The van der Waals surface area contributed by atoms with Crippen molar-refractivity contribution in [2.24, 2.45) is 7.05 Å². The molecule has 0 saturated carbocycles. The Hall–Kier alpha value is -1.72. The molecule has 1 aromatic heterocycles. The van der Waals surface area contributed by atoms with Gasteiger partial charge in [-0.05, 0) is 11.1 Å². The molecule has 0 aliphatic heterocycles. The first kappa shape index (κ1) is 12.7. The van der Waals surface area contributed by atoms with Crippen LogP contribution < -0.4 is 5.32 Å². The average molecular weight is 246 g/mol. The van der Waals surface area contributed by atoms with E-state index in [0.29, 0.717) is 6.61 Å². The van der Waals surface area contributed by atoms with Gasteiger partial charge in [0.2, 0.25) is 0 Å². The van der Waals surface area contributed by atoms with Crippen molar-refractivity contribution in [3.05, 3.63) is 47.3 Å². The van der Waals surface area contributed by atoms with Gasteiger partial charge in [-0.15, -0.1) is 5.10 Å². The number of hydrogen-bond acceptors (Lipinski definition) is 4. The molecule has 0 amide bonds. The Balaban J connectivity index is 1.89. The van der Waals surface area contributed by atoms with Crippen LogP contribution in [0, 0.1) is 0 Å². The number of nitrogens with one attached hydrogen (secondary N) is 1. The molecule has 1 N–H and O–H groups in total. The number of ether oxygens (including phenoxy) is 1. The van der Waals surface area contributed by atoms with Crippen molar-refractivity contribution in [3.63, 3.8) is 0 Å². The van der Waals surface area contributed by atoms with Crippen LogP contribution in [0.5, 0.6) is 0 Å². The third-order valence-corrected chi connectivity index (χ3v) is 2.69. The van der Waals surface area contributed by atoms with Crippen molar-refractivity contribution in [3.8, 4) is 0 Å². The van der Waals surface area contributed by atoms with Crippen LogP contribution in [0.25, 0.3) is 0 Å². The number of benzene rings is 1. The fourth-order valence-corrected chi connectivity index (χ4v) is 1.83. The van der Waals surface area contributed by atoms with Gasteiger partial charge >= 0.3 is 0 Å². The Morgan fingerprint density at radius 1 is 1.22 bits per heavy atom. The molecule has 0 saturated heterocycles. The largest absolute Gasteiger partial charge is 0.380 e. The number of rotatable bonds is 6. The SMILES string of the molecule is COCc1ccccc1CNCc1cn(C)nn1. The molecule has 0 aliphatic carbocycles. The van der Waals surface area contributed by atoms with Gasteiger partial charge in [0.1, 0.15) is 0 Å². The van der Waals surface area contributed by atoms with E-state index in [2.05, 4.69) is 27.8 Å². The predicted molar refractivity (Wildman–Crippen MR) is 68.7 cm³/mol. The maximum absolute atomic E-state index is 5.18. The smallest absolute Gasteiger partial charge is 0.0964 e. The van der Waals surface area contributed by atoms with Crippen LogP contribution >= 0.6 is 0 Å². The quantitative estimate of drug-likeness (QED) is 0.833. The number of methoxy groups -OCH3 is 1. The number of nitrogens with zero attached hydrogens (tertiary/aromatic N) is 3. The summed E-state index contributed by atoms with van der Waals surface area (Å²) in [7, 11) is 3.58. The summed E-state index contributed by atoms with van der Waals surface area (Å²) in [5.41, 5.74) is 3.41. The second-order valence-corrected chi connectivity index (χ2v) is 4.19. The topological polar surface area (TPSA) is 52.0 Å². The van der Waals surface area contributed by atoms with Crippen molar-refractivity contribution in [2.45, 2.75) is 19.7 Å². The van der Waals surface area contributed by atoms with E-state index in [0.717, 1.165) is 18.8 Å². The third kappa shape index (κ3) is 3.38. The van der Waals surface area contributed by atoms with E-state index < -0.39 is 0 Å². The van der Waals surface area contributed by atoms with E-state index in [-0.39, 0.29) is 0 Å². The molecule has 0 atom stereocenters. The van der Waals surface area contributed by atoms with Crippen LogP contribution in [-0.2, 0) is 31.5 Å². The zero-order chi connectivity index (χ0) is 12.8. The molecular formula is C13H18N4O. The monoisotopic (exact) mass is 246 g/mol. The van der Waals surface area contributed by atoms with Gasteiger partial charge in [0.15, 0.2) is 0 Å². The van der Waals surface area contributed by atoms with Gasteiger partial charge in [0.25, 0.3) is 0 Å². The van der Waals surface area contributed by atoms with Gasteiger partial charge in [-0.25, -0.2) is 0 Å². The van der Waals surface area contributed by atoms with Gasteiger partial charge in [0, 0.05) is 33.4 Å². The molecule has 5 nitrogen and oxygen atoms in total. The molecular weight excluding hydrogens is 228 g/mol. The highest BCUT2D eigenvalue weighted by Gasteiger charge is 2.02. The van der Waals surface area contributed by atoms with Crippen molar-refractivity contribution < 1.29 is 4.74 Å². The zero-order valence-electron chi connectivity index (χ0n) is 10.8. The zero-order valence-corrected chi connectivity index (χ0v) is 10.8. The summed E-state index contributed by atoms with van der Waals surface area (Å²) in [6, 6.07) is 8.26. The number of hydrogen-bond donors (Lipinski definition) is 1. The molecule has 0 fully saturated rings. The molecule has 2 rings (SSSR count). The lowest BCUT2D eigenvalue weighted by Crippen LogP contribution is -2.14. The normalized spacial score (nSPS) is 10.8. The standard InChI is InChI=1S/C13H18N4O/c1-17-9-13(15-16-17)8-14-7-11-5-3-4-6-12(11)10-18-2/h3-6,9,14H,7-8,10H2,1-2H3. The minimum absolute atomic E-state index is 0.642. The summed E-state index contributed by atoms with van der Waals surface area (Å²) in [6.45, 7) is 2.16. The van der Waals surface area contributed by atoms with Gasteiger partial charge in [0.05, 0.1) is 12.3 Å². The minimum atomic E-state index is 0.642. The van der Waals surface area contributed by atoms with Crippen molar-refractivity contribution in [1.82, 2.24) is 20.3 Å². The number of aromatic nitrogens is 3. The molecule has 96 valence electrons. The van der Waals surface area contributed by atoms with Crippen LogP contribution in [0.4, 0.5) is 0 Å². The van der Waals surface area contributed by atoms with Crippen LogP contribution in [0.15, 0.2) is 30.5 Å². The van der Waals surface area contributed by atoms with Crippen molar-refractivity contribution in [2.75, 3.05) is 7.11 Å². The lowest BCUT2D eigenvalue weighted by molar-refractivity contribution is 0.184. The van der Waals surface area contributed by atoms with E-state index >= 15 is 0 Å². The summed E-state index contributed by atoms with van der Waals surface area (Å²) >= 11 is 0. The second-order valence-electron chi connectivity index (χ2n) is 4.19. The molecule has 1 aromatic carbocycles. The highest BCUT2D eigenvalue weighted by atomic mass is 16.5. The summed E-state index contributed by atoms with van der Waals surface area (Å²) in [4.78, 5) is 0. The Bertz CT molecular complexity index is 495. The van der Waals surface area contributed by atoms with E-state index in [9.17, 15) is 0 Å². The number of aryl methyl sites for hydroxylation is 1. The average Bonchev–Trinajstić information content (AvgIpc) is 2.78. The summed E-state index contributed by atoms with van der Waals surface area (Å²) in [5, 5.41) is 11.3. The highest BCUT2D eigenvalue weighted by molar-refractivity contribution is 5.26. The van der Waals surface area contributed by atoms with Crippen LogP contribution in [0.1, 0.15) is 16.8 Å².